The molecule has 0 aliphatic carbocycles. The molecule has 0 bridgehead atoms. The Morgan fingerprint density at radius 3 is 2.16 bits per heavy atom. The van der Waals surface area contributed by atoms with Crippen LogP contribution in [0.4, 0.5) is 0 Å². The van der Waals surface area contributed by atoms with Gasteiger partial charge in [0.1, 0.15) is 12.4 Å². The van der Waals surface area contributed by atoms with E-state index in [-0.39, 0.29) is 6.04 Å². The Balaban J connectivity index is 1.61. The van der Waals surface area contributed by atoms with Crippen molar-refractivity contribution in [2.75, 3.05) is 6.61 Å². The van der Waals surface area contributed by atoms with Crippen molar-refractivity contribution in [2.45, 2.75) is 12.5 Å². The van der Waals surface area contributed by atoms with Gasteiger partial charge in [-0.05, 0) is 48.4 Å². The molecule has 4 heteroatoms. The van der Waals surface area contributed by atoms with Crippen LogP contribution < -0.4 is 15.2 Å². The van der Waals surface area contributed by atoms with E-state index in [1.54, 1.807) is 12.1 Å². The van der Waals surface area contributed by atoms with E-state index in [1.807, 2.05) is 54.6 Å². The smallest absolute Gasteiger partial charge is 0.169 e. The maximum atomic E-state index is 6.19. The molecule has 3 nitrogen and oxygen atoms in total. The molecule has 0 aromatic heterocycles. The Labute approximate surface area is 153 Å². The molecular weight excluding hydrogens is 334 g/mol. The lowest BCUT2D eigenvalue weighted by Gasteiger charge is -2.16. The predicted octanol–water partition coefficient (Wildman–Crippen LogP) is 5.08. The zero-order chi connectivity index (χ0) is 17.5. The lowest BCUT2D eigenvalue weighted by atomic mass is 10.1. The summed E-state index contributed by atoms with van der Waals surface area (Å²) in [6.45, 7) is 0.413. The Bertz CT molecular complexity index is 791. The van der Waals surface area contributed by atoms with Crippen molar-refractivity contribution in [3.63, 3.8) is 0 Å². The molecule has 3 aromatic carbocycles. The van der Waals surface area contributed by atoms with Gasteiger partial charge in [-0.3, -0.25) is 0 Å². The van der Waals surface area contributed by atoms with Crippen LogP contribution in [0.1, 0.15) is 5.56 Å². The fourth-order valence-electron chi connectivity index (χ4n) is 2.46. The zero-order valence-electron chi connectivity index (χ0n) is 13.8. The van der Waals surface area contributed by atoms with Gasteiger partial charge < -0.3 is 15.2 Å². The second-order valence-corrected chi connectivity index (χ2v) is 6.20. The number of nitrogens with two attached hydrogens (primary N) is 1. The zero-order valence-corrected chi connectivity index (χ0v) is 14.5. The van der Waals surface area contributed by atoms with E-state index in [1.165, 1.54) is 5.56 Å². The highest BCUT2D eigenvalue weighted by Crippen LogP contribution is 2.31. The molecule has 2 N–H and O–H groups in total. The van der Waals surface area contributed by atoms with Gasteiger partial charge in [0.05, 0.1) is 0 Å². The van der Waals surface area contributed by atoms with Gasteiger partial charge in [0.2, 0.25) is 0 Å². The van der Waals surface area contributed by atoms with Crippen LogP contribution in [0.15, 0.2) is 78.9 Å². The number of ether oxygens (including phenoxy) is 2. The van der Waals surface area contributed by atoms with Crippen molar-refractivity contribution in [1.82, 2.24) is 0 Å². The van der Waals surface area contributed by atoms with Crippen LogP contribution in [0.5, 0.6) is 17.2 Å². The highest BCUT2D eigenvalue weighted by molar-refractivity contribution is 6.30. The van der Waals surface area contributed by atoms with Gasteiger partial charge in [-0.25, -0.2) is 0 Å². The highest BCUT2D eigenvalue weighted by Gasteiger charge is 2.09. The van der Waals surface area contributed by atoms with Crippen LogP contribution in [0.25, 0.3) is 0 Å². The van der Waals surface area contributed by atoms with Crippen molar-refractivity contribution in [1.29, 1.82) is 0 Å². The average molecular weight is 354 g/mol. The Morgan fingerprint density at radius 1 is 0.800 bits per heavy atom. The van der Waals surface area contributed by atoms with Crippen molar-refractivity contribution >= 4 is 11.6 Å². The van der Waals surface area contributed by atoms with Crippen LogP contribution in [-0.4, -0.2) is 12.6 Å². The van der Waals surface area contributed by atoms with Crippen molar-refractivity contribution in [3.8, 4) is 17.2 Å². The second-order valence-electron chi connectivity index (χ2n) is 5.76. The molecule has 0 aliphatic heterocycles. The minimum absolute atomic E-state index is 0.0917. The van der Waals surface area contributed by atoms with Gasteiger partial charge in [-0.1, -0.05) is 54.1 Å². The quantitative estimate of drug-likeness (QED) is 0.644. The van der Waals surface area contributed by atoms with E-state index in [0.717, 1.165) is 6.42 Å². The fourth-order valence-corrected chi connectivity index (χ4v) is 2.58. The number of rotatable bonds is 7. The minimum Gasteiger partial charge on any atom is -0.488 e. The minimum atomic E-state index is -0.0917. The molecule has 0 saturated carbocycles. The summed E-state index contributed by atoms with van der Waals surface area (Å²) in [5, 5.41) is 0.670. The Morgan fingerprint density at radius 2 is 1.44 bits per heavy atom. The van der Waals surface area contributed by atoms with Gasteiger partial charge in [0.25, 0.3) is 0 Å². The second kappa shape index (κ2) is 8.56. The molecule has 0 unspecified atom stereocenters. The normalized spacial score (nSPS) is 11.8. The molecule has 25 heavy (non-hydrogen) atoms. The van der Waals surface area contributed by atoms with Gasteiger partial charge >= 0.3 is 0 Å². The van der Waals surface area contributed by atoms with Crippen LogP contribution in [-0.2, 0) is 6.42 Å². The number of hydrogen-bond donors (Lipinski definition) is 1. The molecule has 0 radical (unpaired) electrons. The predicted molar refractivity (Wildman–Crippen MR) is 102 cm³/mol. The summed E-state index contributed by atoms with van der Waals surface area (Å²) in [4.78, 5) is 0. The first kappa shape index (κ1) is 17.3. The van der Waals surface area contributed by atoms with E-state index >= 15 is 0 Å². The maximum absolute atomic E-state index is 6.19. The van der Waals surface area contributed by atoms with Gasteiger partial charge in [-0.2, -0.15) is 0 Å². The first-order valence-electron chi connectivity index (χ1n) is 8.15. The summed E-state index contributed by atoms with van der Waals surface area (Å²) in [6, 6.07) is 24.8. The molecular formula is C21H20ClNO2. The highest BCUT2D eigenvalue weighted by atomic mass is 35.5. The van der Waals surface area contributed by atoms with Crippen LogP contribution >= 0.6 is 11.6 Å². The van der Waals surface area contributed by atoms with Gasteiger partial charge in [-0.15, -0.1) is 0 Å². The molecule has 0 amide bonds. The summed E-state index contributed by atoms with van der Waals surface area (Å²) < 4.78 is 11.8. The summed E-state index contributed by atoms with van der Waals surface area (Å²) in [7, 11) is 0. The first-order chi connectivity index (χ1) is 12.2. The first-order valence-corrected chi connectivity index (χ1v) is 8.53. The van der Waals surface area contributed by atoms with Gasteiger partial charge in [0, 0.05) is 11.1 Å². The topological polar surface area (TPSA) is 44.5 Å². The summed E-state index contributed by atoms with van der Waals surface area (Å²) in [5.41, 5.74) is 7.39. The Hall–Kier alpha value is -2.49. The average Bonchev–Trinajstić information content (AvgIpc) is 2.64. The molecule has 0 fully saturated rings. The molecule has 0 spiro atoms. The lowest BCUT2D eigenvalue weighted by Crippen LogP contribution is -2.30. The van der Waals surface area contributed by atoms with Crippen LogP contribution in [0.3, 0.4) is 0 Å². The summed E-state index contributed by atoms with van der Waals surface area (Å²) in [5.74, 6) is 2.02. The van der Waals surface area contributed by atoms with E-state index in [0.29, 0.717) is 28.9 Å². The molecule has 0 heterocycles. The molecule has 0 saturated heterocycles. The van der Waals surface area contributed by atoms with Crippen molar-refractivity contribution in [2.24, 2.45) is 5.73 Å². The fraction of sp³-hybridized carbons (Fsp3) is 0.143. The number of hydrogen-bond acceptors (Lipinski definition) is 3. The van der Waals surface area contributed by atoms with Crippen LogP contribution in [0, 0.1) is 0 Å². The molecule has 3 aromatic rings. The van der Waals surface area contributed by atoms with Crippen LogP contribution in [0.2, 0.25) is 5.02 Å². The third-order valence-corrected chi connectivity index (χ3v) is 3.94. The Kier molecular flexibility index (Phi) is 5.94. The molecule has 128 valence electrons. The molecule has 1 atom stereocenters. The van der Waals surface area contributed by atoms with E-state index in [2.05, 4.69) is 12.1 Å². The number of para-hydroxylation sites is 2. The third kappa shape index (κ3) is 5.24. The molecule has 0 aliphatic rings. The standard InChI is InChI=1S/C21H20ClNO2/c22-17-10-12-19(13-11-17)25-21-9-5-4-8-20(21)24-15-18(23)14-16-6-2-1-3-7-16/h1-13,18H,14-15,23H2/t18-/m1/s1. The lowest BCUT2D eigenvalue weighted by molar-refractivity contribution is 0.276. The monoisotopic (exact) mass is 353 g/mol. The van der Waals surface area contributed by atoms with E-state index < -0.39 is 0 Å². The molecule has 3 rings (SSSR count). The van der Waals surface area contributed by atoms with E-state index in [9.17, 15) is 0 Å². The summed E-state index contributed by atoms with van der Waals surface area (Å²) >= 11 is 5.90. The third-order valence-electron chi connectivity index (χ3n) is 3.68. The largest absolute Gasteiger partial charge is 0.488 e. The van der Waals surface area contributed by atoms with Crippen molar-refractivity contribution < 1.29 is 9.47 Å². The van der Waals surface area contributed by atoms with Gasteiger partial charge in [0.15, 0.2) is 11.5 Å². The summed E-state index contributed by atoms with van der Waals surface area (Å²) in [6.07, 6.45) is 0.765. The SMILES string of the molecule is N[C@@H](COc1ccccc1Oc1ccc(Cl)cc1)Cc1ccccc1. The maximum Gasteiger partial charge on any atom is 0.169 e. The van der Waals surface area contributed by atoms with E-state index in [4.69, 9.17) is 26.8 Å². The van der Waals surface area contributed by atoms with Crippen molar-refractivity contribution in [3.05, 3.63) is 89.4 Å². The number of benzene rings is 3. The number of halogens is 1.